The van der Waals surface area contributed by atoms with E-state index in [4.69, 9.17) is 11.6 Å². The van der Waals surface area contributed by atoms with Crippen molar-refractivity contribution >= 4 is 44.1 Å². The summed E-state index contributed by atoms with van der Waals surface area (Å²) in [5.74, 6) is 0.0591. The predicted molar refractivity (Wildman–Crippen MR) is 86.4 cm³/mol. The molecule has 0 fully saturated rings. The minimum atomic E-state index is -0.340. The van der Waals surface area contributed by atoms with Crippen molar-refractivity contribution in [2.45, 2.75) is 0 Å². The molecule has 0 bridgehead atoms. The fourth-order valence-electron chi connectivity index (χ4n) is 2.31. The second-order valence-electron chi connectivity index (χ2n) is 4.70. The molecule has 0 atom stereocenters. The third-order valence-corrected chi connectivity index (χ3v) is 4.18. The van der Waals surface area contributed by atoms with Crippen LogP contribution in [0, 0.1) is 5.82 Å². The molecule has 2 aromatic carbocycles. The molecule has 0 spiro atoms. The molecule has 4 aromatic rings. The van der Waals surface area contributed by atoms with Gasteiger partial charge in [0, 0.05) is 15.4 Å². The zero-order valence-corrected chi connectivity index (χ0v) is 13.3. The molecule has 7 heteroatoms. The number of aromatic nitrogens is 4. The van der Waals surface area contributed by atoms with E-state index in [9.17, 15) is 4.39 Å². The lowest BCUT2D eigenvalue weighted by atomic mass is 10.2. The Morgan fingerprint density at radius 1 is 1.09 bits per heavy atom. The topological polar surface area (TPSA) is 43.1 Å². The maximum atomic E-state index is 13.4. The molecule has 4 rings (SSSR count). The summed E-state index contributed by atoms with van der Waals surface area (Å²) >= 11 is 9.64. The molecule has 0 saturated heterocycles. The first-order chi connectivity index (χ1) is 10.6. The monoisotopic (exact) mass is 376 g/mol. The molecular formula is C15H7BrClFN4. The average Bonchev–Trinajstić information content (AvgIpc) is 2.95. The van der Waals surface area contributed by atoms with Crippen molar-refractivity contribution < 1.29 is 4.39 Å². The quantitative estimate of drug-likeness (QED) is 0.459. The average molecular weight is 378 g/mol. The number of rotatable bonds is 1. The van der Waals surface area contributed by atoms with Gasteiger partial charge < -0.3 is 0 Å². The highest BCUT2D eigenvalue weighted by Crippen LogP contribution is 2.28. The van der Waals surface area contributed by atoms with Crippen LogP contribution in [0.2, 0.25) is 5.28 Å². The van der Waals surface area contributed by atoms with E-state index < -0.39 is 0 Å². The number of halogens is 3. The van der Waals surface area contributed by atoms with Crippen LogP contribution in [0.1, 0.15) is 0 Å². The molecule has 108 valence electrons. The fraction of sp³-hybridized carbons (Fsp3) is 0. The van der Waals surface area contributed by atoms with Crippen LogP contribution in [0.15, 0.2) is 46.9 Å². The first-order valence-corrected chi connectivity index (χ1v) is 7.57. The van der Waals surface area contributed by atoms with Gasteiger partial charge in [-0.1, -0.05) is 18.2 Å². The van der Waals surface area contributed by atoms with E-state index in [0.29, 0.717) is 22.6 Å². The highest BCUT2D eigenvalue weighted by molar-refractivity contribution is 9.10. The third-order valence-electron chi connectivity index (χ3n) is 3.30. The molecule has 4 nitrogen and oxygen atoms in total. The van der Waals surface area contributed by atoms with Gasteiger partial charge in [0.1, 0.15) is 5.82 Å². The van der Waals surface area contributed by atoms with Crippen molar-refractivity contribution in [1.82, 2.24) is 19.6 Å². The lowest BCUT2D eigenvalue weighted by Gasteiger charge is -2.02. The summed E-state index contributed by atoms with van der Waals surface area (Å²) in [7, 11) is 0. The first kappa shape index (κ1) is 13.6. The molecule has 2 heterocycles. The van der Waals surface area contributed by atoms with Gasteiger partial charge in [-0.2, -0.15) is 4.52 Å². The number of hydrogen-bond acceptors (Lipinski definition) is 3. The van der Waals surface area contributed by atoms with Crippen LogP contribution >= 0.6 is 27.5 Å². The van der Waals surface area contributed by atoms with E-state index in [1.165, 1.54) is 16.6 Å². The highest BCUT2D eigenvalue weighted by Gasteiger charge is 2.14. The zero-order valence-electron chi connectivity index (χ0n) is 11.0. The van der Waals surface area contributed by atoms with Crippen LogP contribution < -0.4 is 0 Å². The lowest BCUT2D eigenvalue weighted by Crippen LogP contribution is -1.95. The first-order valence-electron chi connectivity index (χ1n) is 6.40. The Hall–Kier alpha value is -2.05. The van der Waals surface area contributed by atoms with Gasteiger partial charge in [0.25, 0.3) is 0 Å². The lowest BCUT2D eigenvalue weighted by molar-refractivity contribution is 0.628. The molecule has 0 amide bonds. The Balaban J connectivity index is 2.07. The van der Waals surface area contributed by atoms with E-state index in [2.05, 4.69) is 31.0 Å². The summed E-state index contributed by atoms with van der Waals surface area (Å²) in [5.41, 5.74) is 1.87. The van der Waals surface area contributed by atoms with E-state index in [1.54, 1.807) is 12.1 Å². The van der Waals surface area contributed by atoms with Crippen LogP contribution in [-0.2, 0) is 0 Å². The molecule has 2 aromatic heterocycles. The number of benzene rings is 2. The summed E-state index contributed by atoms with van der Waals surface area (Å²) in [5, 5.41) is 5.35. The number of hydrogen-bond donors (Lipinski definition) is 0. The highest BCUT2D eigenvalue weighted by atomic mass is 79.9. The molecular weight excluding hydrogens is 371 g/mol. The molecule has 0 saturated carbocycles. The van der Waals surface area contributed by atoms with Crippen molar-refractivity contribution in [3.8, 4) is 11.4 Å². The third kappa shape index (κ3) is 2.07. The Morgan fingerprint density at radius 3 is 2.73 bits per heavy atom. The van der Waals surface area contributed by atoms with Gasteiger partial charge in [0.05, 0.1) is 5.52 Å². The Kier molecular flexibility index (Phi) is 3.09. The van der Waals surface area contributed by atoms with Crippen LogP contribution in [0.4, 0.5) is 4.39 Å². The maximum Gasteiger partial charge on any atom is 0.226 e. The molecule has 0 N–H and O–H groups in total. The Bertz CT molecular complexity index is 1030. The summed E-state index contributed by atoms with van der Waals surface area (Å²) in [6.45, 7) is 0. The predicted octanol–water partition coefficient (Wildman–Crippen LogP) is 4.50. The van der Waals surface area contributed by atoms with Gasteiger partial charge in [0.2, 0.25) is 5.28 Å². The van der Waals surface area contributed by atoms with Crippen molar-refractivity contribution in [2.24, 2.45) is 0 Å². The Morgan fingerprint density at radius 2 is 1.91 bits per heavy atom. The number of para-hydroxylation sites is 1. The van der Waals surface area contributed by atoms with Crippen molar-refractivity contribution in [1.29, 1.82) is 0 Å². The smallest absolute Gasteiger partial charge is 0.217 e. The van der Waals surface area contributed by atoms with Crippen LogP contribution in [0.3, 0.4) is 0 Å². The summed E-state index contributed by atoms with van der Waals surface area (Å²) in [6, 6.07) is 11.8. The van der Waals surface area contributed by atoms with Gasteiger partial charge in [-0.3, -0.25) is 0 Å². The van der Waals surface area contributed by atoms with Crippen molar-refractivity contribution in [3.05, 3.63) is 58.0 Å². The minimum Gasteiger partial charge on any atom is -0.217 e. The van der Waals surface area contributed by atoms with Gasteiger partial charge in [-0.05, 0) is 51.8 Å². The molecule has 0 unspecified atom stereocenters. The number of nitrogens with zero attached hydrogens (tertiary/aromatic N) is 4. The molecule has 0 aliphatic heterocycles. The SMILES string of the molecule is Fc1cccc(-c2nc3c4cccc(Br)c4nc(Cl)n3n2)c1. The van der Waals surface area contributed by atoms with Gasteiger partial charge in [-0.15, -0.1) is 5.10 Å². The second kappa shape index (κ2) is 5.00. The molecule has 0 aliphatic carbocycles. The normalized spacial score (nSPS) is 11.4. The standard InChI is InChI=1S/C15H7BrClFN4/c16-11-6-2-5-10-12(11)19-15(17)22-14(10)20-13(21-22)8-3-1-4-9(18)7-8/h1-7H. The fourth-order valence-corrected chi connectivity index (χ4v) is 2.97. The van der Waals surface area contributed by atoms with Crippen molar-refractivity contribution in [2.75, 3.05) is 0 Å². The number of fused-ring (bicyclic) bond motifs is 3. The maximum absolute atomic E-state index is 13.4. The second-order valence-corrected chi connectivity index (χ2v) is 5.89. The largest absolute Gasteiger partial charge is 0.226 e. The van der Waals surface area contributed by atoms with Gasteiger partial charge >= 0.3 is 0 Å². The van der Waals surface area contributed by atoms with Gasteiger partial charge in [0.15, 0.2) is 11.5 Å². The van der Waals surface area contributed by atoms with Gasteiger partial charge in [-0.25, -0.2) is 14.4 Å². The molecule has 0 radical (unpaired) electrons. The summed E-state index contributed by atoms with van der Waals surface area (Å²) < 4.78 is 15.7. The van der Waals surface area contributed by atoms with Crippen molar-refractivity contribution in [3.63, 3.8) is 0 Å². The zero-order chi connectivity index (χ0) is 15.3. The molecule has 22 heavy (non-hydrogen) atoms. The van der Waals surface area contributed by atoms with E-state index in [-0.39, 0.29) is 11.1 Å². The van der Waals surface area contributed by atoms with E-state index in [0.717, 1.165) is 9.86 Å². The van der Waals surface area contributed by atoms with Crippen LogP contribution in [0.25, 0.3) is 27.9 Å². The molecule has 0 aliphatic rings. The van der Waals surface area contributed by atoms with E-state index in [1.807, 2.05) is 18.2 Å². The minimum absolute atomic E-state index is 0.199. The van der Waals surface area contributed by atoms with E-state index >= 15 is 0 Å². The van der Waals surface area contributed by atoms with Crippen LogP contribution in [0.5, 0.6) is 0 Å². The summed E-state index contributed by atoms with van der Waals surface area (Å²) in [6.07, 6.45) is 0. The van der Waals surface area contributed by atoms with Crippen LogP contribution in [-0.4, -0.2) is 19.6 Å². The Labute approximate surface area is 137 Å². The summed E-state index contributed by atoms with van der Waals surface area (Å²) in [4.78, 5) is 8.83.